The highest BCUT2D eigenvalue weighted by Crippen LogP contribution is 2.28. The van der Waals surface area contributed by atoms with Crippen LogP contribution in [0, 0.1) is 5.92 Å². The molecule has 1 saturated heterocycles. The van der Waals surface area contributed by atoms with E-state index in [1.54, 1.807) is 0 Å². The van der Waals surface area contributed by atoms with Gasteiger partial charge in [-0.25, -0.2) is 8.78 Å². The molecule has 7 heteroatoms. The molecule has 1 rings (SSSR count). The van der Waals surface area contributed by atoms with E-state index in [1.807, 2.05) is 19.0 Å². The monoisotopic (exact) mass is 270 g/mol. The zero-order chi connectivity index (χ0) is 13.9. The van der Waals surface area contributed by atoms with E-state index in [0.717, 1.165) is 11.4 Å². The van der Waals surface area contributed by atoms with Gasteiger partial charge in [-0.2, -0.15) is 8.78 Å². The van der Waals surface area contributed by atoms with Gasteiger partial charge in [0.2, 0.25) is 0 Å². The first-order chi connectivity index (χ1) is 8.25. The Morgan fingerprint density at radius 3 is 2.22 bits per heavy atom. The lowest BCUT2D eigenvalue weighted by molar-refractivity contribution is -0.181. The molecule has 0 N–H and O–H groups in total. The van der Waals surface area contributed by atoms with Gasteiger partial charge in [0, 0.05) is 19.6 Å². The van der Waals surface area contributed by atoms with Gasteiger partial charge in [0.1, 0.15) is 0 Å². The van der Waals surface area contributed by atoms with Crippen LogP contribution in [0.2, 0.25) is 0 Å². The highest BCUT2D eigenvalue weighted by molar-refractivity contribution is 5.84. The van der Waals surface area contributed by atoms with E-state index in [-0.39, 0.29) is 13.1 Å². The number of halogens is 4. The summed E-state index contributed by atoms with van der Waals surface area (Å²) in [6, 6.07) is 0. The summed E-state index contributed by atoms with van der Waals surface area (Å²) < 4.78 is 49.9. The summed E-state index contributed by atoms with van der Waals surface area (Å²) in [6.45, 7) is 1.06. The first-order valence-corrected chi connectivity index (χ1v) is 5.85. The molecule has 1 fully saturated rings. The summed E-state index contributed by atoms with van der Waals surface area (Å²) in [5.74, 6) is -5.99. The number of carbonyl (C=O) groups is 1. The minimum absolute atomic E-state index is 0.125. The SMILES string of the molecule is CN(C)CC1CCN(C(=O)C(F)(F)C(F)F)CC1. The van der Waals surface area contributed by atoms with E-state index in [1.165, 1.54) is 0 Å². The van der Waals surface area contributed by atoms with Crippen molar-refractivity contribution in [2.75, 3.05) is 33.7 Å². The Labute approximate surface area is 104 Å². The molecule has 0 bridgehead atoms. The number of piperidine rings is 1. The summed E-state index contributed by atoms with van der Waals surface area (Å²) in [5, 5.41) is 0. The number of nitrogens with zero attached hydrogens (tertiary/aromatic N) is 2. The molecule has 1 heterocycles. The predicted octanol–water partition coefficient (Wildman–Crippen LogP) is 1.69. The fourth-order valence-corrected chi connectivity index (χ4v) is 2.14. The Balaban J connectivity index is 2.50. The number of hydrogen-bond acceptors (Lipinski definition) is 2. The standard InChI is InChI=1S/C11H18F4N2O/c1-16(2)7-8-3-5-17(6-4-8)10(18)11(14,15)9(12)13/h8-9H,3-7H2,1-2H3. The highest BCUT2D eigenvalue weighted by atomic mass is 19.3. The molecule has 0 spiro atoms. The molecule has 0 saturated carbocycles. The Kier molecular flexibility index (Phi) is 4.95. The van der Waals surface area contributed by atoms with E-state index in [2.05, 4.69) is 0 Å². The molecule has 0 aliphatic carbocycles. The smallest absolute Gasteiger partial charge is 0.337 e. The van der Waals surface area contributed by atoms with Crippen molar-refractivity contribution in [1.29, 1.82) is 0 Å². The molecule has 1 aliphatic heterocycles. The Morgan fingerprint density at radius 2 is 1.83 bits per heavy atom. The molecule has 1 aliphatic rings. The Morgan fingerprint density at radius 1 is 1.33 bits per heavy atom. The maximum absolute atomic E-state index is 12.9. The number of carbonyl (C=O) groups excluding carboxylic acids is 1. The normalized spacial score (nSPS) is 18.8. The summed E-state index contributed by atoms with van der Waals surface area (Å²) >= 11 is 0. The molecule has 3 nitrogen and oxygen atoms in total. The van der Waals surface area contributed by atoms with Crippen LogP contribution in [0.1, 0.15) is 12.8 Å². The molecular formula is C11H18F4N2O. The van der Waals surface area contributed by atoms with Gasteiger partial charge in [-0.05, 0) is 32.9 Å². The maximum Gasteiger partial charge on any atom is 0.383 e. The molecule has 0 aromatic heterocycles. The van der Waals surface area contributed by atoms with E-state index in [0.29, 0.717) is 18.8 Å². The van der Waals surface area contributed by atoms with Gasteiger partial charge >= 0.3 is 12.3 Å². The zero-order valence-electron chi connectivity index (χ0n) is 10.5. The average Bonchev–Trinajstić information content (AvgIpc) is 2.28. The fourth-order valence-electron chi connectivity index (χ4n) is 2.14. The second-order valence-electron chi connectivity index (χ2n) is 4.92. The van der Waals surface area contributed by atoms with Crippen molar-refractivity contribution in [2.24, 2.45) is 5.92 Å². The van der Waals surface area contributed by atoms with Crippen LogP contribution in [0.3, 0.4) is 0 Å². The summed E-state index contributed by atoms with van der Waals surface area (Å²) in [7, 11) is 3.81. The van der Waals surface area contributed by atoms with Gasteiger partial charge in [-0.1, -0.05) is 0 Å². The third kappa shape index (κ3) is 3.57. The first kappa shape index (κ1) is 15.2. The molecule has 0 unspecified atom stereocenters. The molecule has 1 amide bonds. The number of rotatable bonds is 4. The minimum Gasteiger partial charge on any atom is -0.337 e. The van der Waals surface area contributed by atoms with Gasteiger partial charge in [0.25, 0.3) is 5.91 Å². The van der Waals surface area contributed by atoms with Gasteiger partial charge in [-0.15, -0.1) is 0 Å². The van der Waals surface area contributed by atoms with Crippen molar-refractivity contribution in [3.05, 3.63) is 0 Å². The van der Waals surface area contributed by atoms with Crippen LogP contribution in [-0.2, 0) is 4.79 Å². The fraction of sp³-hybridized carbons (Fsp3) is 0.909. The summed E-state index contributed by atoms with van der Waals surface area (Å²) in [5.41, 5.74) is 0. The third-order valence-corrected chi connectivity index (χ3v) is 3.08. The van der Waals surface area contributed by atoms with Crippen LogP contribution >= 0.6 is 0 Å². The van der Waals surface area contributed by atoms with Crippen molar-refractivity contribution < 1.29 is 22.4 Å². The largest absolute Gasteiger partial charge is 0.383 e. The summed E-state index contributed by atoms with van der Waals surface area (Å²) in [4.78, 5) is 14.1. The Hall–Kier alpha value is -0.850. The van der Waals surface area contributed by atoms with E-state index >= 15 is 0 Å². The molecule has 106 valence electrons. The second-order valence-corrected chi connectivity index (χ2v) is 4.92. The lowest BCUT2D eigenvalue weighted by Gasteiger charge is -2.34. The minimum atomic E-state index is -4.56. The Bertz CT molecular complexity index is 289. The number of amides is 1. The lowest BCUT2D eigenvalue weighted by Crippen LogP contribution is -2.50. The third-order valence-electron chi connectivity index (χ3n) is 3.08. The molecule has 0 aromatic rings. The van der Waals surface area contributed by atoms with E-state index in [4.69, 9.17) is 0 Å². The average molecular weight is 270 g/mol. The van der Waals surface area contributed by atoms with Crippen LogP contribution in [0.4, 0.5) is 17.6 Å². The van der Waals surface area contributed by atoms with Gasteiger partial charge < -0.3 is 9.80 Å². The summed E-state index contributed by atoms with van der Waals surface area (Å²) in [6.07, 6.45) is -2.79. The quantitative estimate of drug-likeness (QED) is 0.726. The van der Waals surface area contributed by atoms with Crippen molar-refractivity contribution in [3.8, 4) is 0 Å². The number of alkyl halides is 4. The zero-order valence-corrected chi connectivity index (χ0v) is 10.5. The van der Waals surface area contributed by atoms with Crippen LogP contribution < -0.4 is 0 Å². The number of likely N-dealkylation sites (tertiary alicyclic amines) is 1. The van der Waals surface area contributed by atoms with Crippen molar-refractivity contribution in [2.45, 2.75) is 25.2 Å². The molecular weight excluding hydrogens is 252 g/mol. The van der Waals surface area contributed by atoms with Gasteiger partial charge in [-0.3, -0.25) is 4.79 Å². The maximum atomic E-state index is 12.9. The van der Waals surface area contributed by atoms with Crippen LogP contribution in [-0.4, -0.2) is 61.8 Å². The highest BCUT2D eigenvalue weighted by Gasteiger charge is 2.51. The molecule has 0 radical (unpaired) electrons. The first-order valence-electron chi connectivity index (χ1n) is 5.85. The van der Waals surface area contributed by atoms with Crippen LogP contribution in [0.25, 0.3) is 0 Å². The lowest BCUT2D eigenvalue weighted by atomic mass is 9.96. The predicted molar refractivity (Wildman–Crippen MR) is 58.8 cm³/mol. The van der Waals surface area contributed by atoms with Crippen LogP contribution in [0.15, 0.2) is 0 Å². The second kappa shape index (κ2) is 5.86. The van der Waals surface area contributed by atoms with Crippen molar-refractivity contribution in [3.63, 3.8) is 0 Å². The van der Waals surface area contributed by atoms with Gasteiger partial charge in [0.15, 0.2) is 0 Å². The molecule has 18 heavy (non-hydrogen) atoms. The van der Waals surface area contributed by atoms with Crippen molar-refractivity contribution in [1.82, 2.24) is 9.80 Å². The topological polar surface area (TPSA) is 23.6 Å². The van der Waals surface area contributed by atoms with Gasteiger partial charge in [0.05, 0.1) is 0 Å². The van der Waals surface area contributed by atoms with Crippen molar-refractivity contribution >= 4 is 5.91 Å². The molecule has 0 atom stereocenters. The van der Waals surface area contributed by atoms with E-state index < -0.39 is 18.3 Å². The number of hydrogen-bond donors (Lipinski definition) is 0. The van der Waals surface area contributed by atoms with E-state index in [9.17, 15) is 22.4 Å². The van der Waals surface area contributed by atoms with Crippen LogP contribution in [0.5, 0.6) is 0 Å². The molecule has 0 aromatic carbocycles.